The topological polar surface area (TPSA) is 125 Å². The number of carboxylic acid groups (broad SMARTS) is 1. The van der Waals surface area contributed by atoms with Crippen molar-refractivity contribution >= 4 is 52.2 Å². The van der Waals surface area contributed by atoms with Crippen molar-refractivity contribution < 1.29 is 33.8 Å². The van der Waals surface area contributed by atoms with Crippen molar-refractivity contribution in [2.45, 2.75) is 0 Å². The van der Waals surface area contributed by atoms with Crippen molar-refractivity contribution in [3.05, 3.63) is 59.0 Å². The van der Waals surface area contributed by atoms with Gasteiger partial charge in [0.1, 0.15) is 12.3 Å². The Hall–Kier alpha value is -3.83. The molecule has 4 rings (SSSR count). The van der Waals surface area contributed by atoms with Gasteiger partial charge < -0.3 is 24.8 Å². The average Bonchev–Trinajstić information content (AvgIpc) is 3.11. The lowest BCUT2D eigenvalue weighted by atomic mass is 10.2. The fourth-order valence-electron chi connectivity index (χ4n) is 3.59. The molecule has 35 heavy (non-hydrogen) atoms. The summed E-state index contributed by atoms with van der Waals surface area (Å²) in [5, 5.41) is 11.0. The number of hydrogen-bond donors (Lipinski definition) is 2. The highest BCUT2D eigenvalue weighted by atomic mass is 32.2. The van der Waals surface area contributed by atoms with Gasteiger partial charge in [-0.25, -0.2) is 4.79 Å². The molecule has 0 radical (unpaired) electrons. The molecule has 2 aliphatic heterocycles. The molecule has 11 heteroatoms. The van der Waals surface area contributed by atoms with E-state index in [-0.39, 0.29) is 4.91 Å². The zero-order chi connectivity index (χ0) is 24.8. The lowest BCUT2D eigenvalue weighted by Crippen LogP contribution is -2.38. The first-order valence-corrected chi connectivity index (χ1v) is 11.6. The van der Waals surface area contributed by atoms with Crippen LogP contribution in [0.15, 0.2) is 53.4 Å². The van der Waals surface area contributed by atoms with E-state index in [4.69, 9.17) is 14.6 Å². The van der Waals surface area contributed by atoms with Gasteiger partial charge in [-0.2, -0.15) is 0 Å². The van der Waals surface area contributed by atoms with E-state index >= 15 is 0 Å². The lowest BCUT2D eigenvalue weighted by molar-refractivity contribution is -0.139. The molecule has 182 valence electrons. The van der Waals surface area contributed by atoms with Gasteiger partial charge in [0.2, 0.25) is 5.91 Å². The number of carbonyl (C=O) groups is 4. The van der Waals surface area contributed by atoms with Gasteiger partial charge in [0.15, 0.2) is 6.61 Å². The Bertz CT molecular complexity index is 1160. The van der Waals surface area contributed by atoms with Crippen LogP contribution in [0.1, 0.15) is 5.56 Å². The number of ether oxygens (including phenoxy) is 2. The maximum Gasteiger partial charge on any atom is 0.341 e. The van der Waals surface area contributed by atoms with E-state index in [9.17, 15) is 19.2 Å². The number of aliphatic carboxylic acids is 1. The maximum absolute atomic E-state index is 12.8. The first-order chi connectivity index (χ1) is 16.9. The Morgan fingerprint density at radius 2 is 1.80 bits per heavy atom. The third-order valence-corrected chi connectivity index (χ3v) is 6.15. The van der Waals surface area contributed by atoms with Crippen LogP contribution >= 0.6 is 11.8 Å². The molecule has 2 saturated heterocycles. The number of hydrogen-bond acceptors (Lipinski definition) is 8. The minimum Gasteiger partial charge on any atom is -0.482 e. The molecule has 2 N–H and O–H groups in total. The lowest BCUT2D eigenvalue weighted by Gasteiger charge is -2.30. The summed E-state index contributed by atoms with van der Waals surface area (Å²) >= 11 is 0.757. The Balaban J connectivity index is 1.39. The van der Waals surface area contributed by atoms with Gasteiger partial charge in [-0.05, 0) is 47.7 Å². The summed E-state index contributed by atoms with van der Waals surface area (Å²) in [4.78, 5) is 51.8. The van der Waals surface area contributed by atoms with Crippen molar-refractivity contribution in [1.29, 1.82) is 0 Å². The van der Waals surface area contributed by atoms with E-state index in [0.29, 0.717) is 43.3 Å². The van der Waals surface area contributed by atoms with Gasteiger partial charge in [0.25, 0.3) is 11.1 Å². The number of imide groups is 1. The third kappa shape index (κ3) is 6.19. The number of para-hydroxylation sites is 2. The molecule has 0 saturated carbocycles. The summed E-state index contributed by atoms with van der Waals surface area (Å²) in [5.41, 5.74) is 2.09. The normalized spacial score (nSPS) is 17.1. The van der Waals surface area contributed by atoms with Gasteiger partial charge in [-0.15, -0.1) is 0 Å². The Labute approximate surface area is 205 Å². The monoisotopic (exact) mass is 497 g/mol. The second-order valence-corrected chi connectivity index (χ2v) is 8.68. The van der Waals surface area contributed by atoms with E-state index in [2.05, 4.69) is 10.2 Å². The molecule has 0 spiro atoms. The highest BCUT2D eigenvalue weighted by Crippen LogP contribution is 2.33. The Kier molecular flexibility index (Phi) is 7.68. The van der Waals surface area contributed by atoms with Crippen LogP contribution < -0.4 is 15.0 Å². The maximum atomic E-state index is 12.8. The van der Waals surface area contributed by atoms with Crippen LogP contribution in [-0.2, 0) is 19.1 Å². The first kappa shape index (κ1) is 24.3. The number of morpholine rings is 1. The molecule has 2 aromatic carbocycles. The second-order valence-electron chi connectivity index (χ2n) is 7.68. The van der Waals surface area contributed by atoms with Gasteiger partial charge in [0, 0.05) is 13.1 Å². The molecule has 10 nitrogen and oxygen atoms in total. The van der Waals surface area contributed by atoms with Crippen LogP contribution in [0.3, 0.4) is 0 Å². The smallest absolute Gasteiger partial charge is 0.341 e. The molecule has 2 heterocycles. The SMILES string of the molecule is O=C(O)COc1ccc(/C=C2/SC(=O)N(CC(=O)Nc3ccccc3N3CCOCC3)C2=O)cc1. The molecule has 0 aliphatic carbocycles. The summed E-state index contributed by atoms with van der Waals surface area (Å²) in [6, 6.07) is 13.8. The number of nitrogens with one attached hydrogen (secondary N) is 1. The van der Waals surface area contributed by atoms with Gasteiger partial charge >= 0.3 is 5.97 Å². The fourth-order valence-corrected chi connectivity index (χ4v) is 4.42. The number of thioether (sulfide) groups is 1. The molecule has 2 aromatic rings. The van der Waals surface area contributed by atoms with Crippen LogP contribution in [0.5, 0.6) is 5.75 Å². The second kappa shape index (κ2) is 11.1. The molecular formula is C24H23N3O7S. The summed E-state index contributed by atoms with van der Waals surface area (Å²) in [6.45, 7) is 1.74. The number of carbonyl (C=O) groups excluding carboxylic acids is 3. The Morgan fingerprint density at radius 1 is 1.09 bits per heavy atom. The molecular weight excluding hydrogens is 474 g/mol. The summed E-state index contributed by atoms with van der Waals surface area (Å²) in [6.07, 6.45) is 1.54. The number of nitrogens with zero attached hydrogens (tertiary/aromatic N) is 2. The number of amides is 3. The summed E-state index contributed by atoms with van der Waals surface area (Å²) in [5.74, 6) is -1.75. The quantitative estimate of drug-likeness (QED) is 0.530. The standard InChI is InChI=1S/C24H23N3O7S/c28-21(25-18-3-1-2-4-19(18)26-9-11-33-12-10-26)14-27-23(31)20(35-24(27)32)13-16-5-7-17(8-6-16)34-15-22(29)30/h1-8,13H,9-12,14-15H2,(H,25,28)(H,29,30)/b20-13+. The number of carboxylic acids is 1. The summed E-state index contributed by atoms with van der Waals surface area (Å²) in [7, 11) is 0. The van der Waals surface area contributed by atoms with E-state index in [1.54, 1.807) is 36.4 Å². The number of anilines is 2. The van der Waals surface area contributed by atoms with Crippen molar-refractivity contribution in [3.8, 4) is 5.75 Å². The molecule has 2 aliphatic rings. The molecule has 0 aromatic heterocycles. The van der Waals surface area contributed by atoms with Crippen LogP contribution in [0.4, 0.5) is 16.2 Å². The molecule has 0 unspecified atom stereocenters. The largest absolute Gasteiger partial charge is 0.482 e. The van der Waals surface area contributed by atoms with Crippen molar-refractivity contribution in [2.24, 2.45) is 0 Å². The van der Waals surface area contributed by atoms with E-state index in [1.807, 2.05) is 12.1 Å². The van der Waals surface area contributed by atoms with Crippen molar-refractivity contribution in [3.63, 3.8) is 0 Å². The number of rotatable bonds is 8. The van der Waals surface area contributed by atoms with Crippen LogP contribution in [0, 0.1) is 0 Å². The fraction of sp³-hybridized carbons (Fsp3) is 0.250. The Morgan fingerprint density at radius 3 is 2.51 bits per heavy atom. The van der Waals surface area contributed by atoms with E-state index < -0.39 is 36.2 Å². The highest BCUT2D eigenvalue weighted by molar-refractivity contribution is 8.18. The zero-order valence-electron chi connectivity index (χ0n) is 18.6. The molecule has 3 amide bonds. The van der Waals surface area contributed by atoms with Gasteiger partial charge in [-0.1, -0.05) is 24.3 Å². The average molecular weight is 498 g/mol. The predicted octanol–water partition coefficient (Wildman–Crippen LogP) is 2.66. The van der Waals surface area contributed by atoms with Gasteiger partial charge in [0.05, 0.1) is 29.5 Å². The van der Waals surface area contributed by atoms with Crippen LogP contribution in [0.2, 0.25) is 0 Å². The summed E-state index contributed by atoms with van der Waals surface area (Å²) < 4.78 is 10.5. The molecule has 2 fully saturated rings. The minimum absolute atomic E-state index is 0.190. The van der Waals surface area contributed by atoms with E-state index in [0.717, 1.165) is 22.3 Å². The highest BCUT2D eigenvalue weighted by Gasteiger charge is 2.36. The third-order valence-electron chi connectivity index (χ3n) is 5.25. The van der Waals surface area contributed by atoms with E-state index in [1.165, 1.54) is 6.08 Å². The van der Waals surface area contributed by atoms with Crippen molar-refractivity contribution in [2.75, 3.05) is 49.7 Å². The number of benzene rings is 2. The van der Waals surface area contributed by atoms with Crippen LogP contribution in [0.25, 0.3) is 6.08 Å². The minimum atomic E-state index is -1.09. The van der Waals surface area contributed by atoms with Gasteiger partial charge in [-0.3, -0.25) is 19.3 Å². The predicted molar refractivity (Wildman–Crippen MR) is 130 cm³/mol. The van der Waals surface area contributed by atoms with Crippen molar-refractivity contribution in [1.82, 2.24) is 4.90 Å². The zero-order valence-corrected chi connectivity index (χ0v) is 19.5. The first-order valence-electron chi connectivity index (χ1n) is 10.8. The molecule has 0 bridgehead atoms. The molecule has 0 atom stereocenters. The van der Waals surface area contributed by atoms with Crippen LogP contribution in [-0.4, -0.2) is 72.5 Å².